The molecule has 2 aromatic rings. The molecule has 2 amide bonds. The predicted octanol–water partition coefficient (Wildman–Crippen LogP) is 4.36. The lowest BCUT2D eigenvalue weighted by atomic mass is 10.1. The van der Waals surface area contributed by atoms with E-state index in [2.05, 4.69) is 5.32 Å². The number of nitrogens with zero attached hydrogens (tertiary/aromatic N) is 1. The van der Waals surface area contributed by atoms with Gasteiger partial charge in [0.15, 0.2) is 11.5 Å². The molecule has 0 bridgehead atoms. The van der Waals surface area contributed by atoms with Crippen LogP contribution in [0.5, 0.6) is 11.5 Å². The van der Waals surface area contributed by atoms with Crippen LogP contribution >= 0.6 is 0 Å². The summed E-state index contributed by atoms with van der Waals surface area (Å²) in [5.41, 5.74) is 2.68. The number of ether oxygens (including phenoxy) is 2. The Morgan fingerprint density at radius 2 is 1.80 bits per heavy atom. The summed E-state index contributed by atoms with van der Waals surface area (Å²) in [6.45, 7) is 2.27. The van der Waals surface area contributed by atoms with Crippen LogP contribution < -0.4 is 14.8 Å². The van der Waals surface area contributed by atoms with E-state index < -0.39 is 0 Å². The van der Waals surface area contributed by atoms with E-state index >= 15 is 0 Å². The number of hydrogen-bond acceptors (Lipinski definition) is 4. The van der Waals surface area contributed by atoms with Gasteiger partial charge in [0, 0.05) is 31.3 Å². The van der Waals surface area contributed by atoms with E-state index in [0.29, 0.717) is 6.54 Å². The maximum absolute atomic E-state index is 13.1. The molecule has 6 heteroatoms. The predicted molar refractivity (Wildman–Crippen MR) is 115 cm³/mol. The summed E-state index contributed by atoms with van der Waals surface area (Å²) in [5.74, 6) is 1.39. The van der Waals surface area contributed by atoms with Gasteiger partial charge in [0.1, 0.15) is 0 Å². The first-order valence-corrected chi connectivity index (χ1v) is 10.3. The lowest BCUT2D eigenvalue weighted by molar-refractivity contribution is -0.128. The van der Waals surface area contributed by atoms with E-state index in [1.54, 1.807) is 6.08 Å². The topological polar surface area (TPSA) is 67.9 Å². The third kappa shape index (κ3) is 4.82. The number of carbonyl (C=O) groups is 2. The third-order valence-corrected chi connectivity index (χ3v) is 5.49. The van der Waals surface area contributed by atoms with Gasteiger partial charge in [-0.15, -0.1) is 0 Å². The van der Waals surface area contributed by atoms with Gasteiger partial charge in [0.05, 0.1) is 0 Å². The number of rotatable bonds is 6. The number of carbonyl (C=O) groups excluding carboxylic acids is 2. The summed E-state index contributed by atoms with van der Waals surface area (Å²) < 4.78 is 10.9. The zero-order chi connectivity index (χ0) is 20.9. The summed E-state index contributed by atoms with van der Waals surface area (Å²) in [6, 6.07) is 13.5. The van der Waals surface area contributed by atoms with Gasteiger partial charge in [0.25, 0.3) is 0 Å². The molecule has 0 radical (unpaired) electrons. The van der Waals surface area contributed by atoms with Crippen LogP contribution in [0.15, 0.2) is 48.5 Å². The third-order valence-electron chi connectivity index (χ3n) is 5.49. The summed E-state index contributed by atoms with van der Waals surface area (Å²) in [6.07, 6.45) is 7.85. The Hall–Kier alpha value is -3.28. The fraction of sp³-hybridized carbons (Fsp3) is 0.333. The molecule has 1 heterocycles. The van der Waals surface area contributed by atoms with Crippen LogP contribution in [0.4, 0.5) is 5.69 Å². The molecule has 2 aromatic carbocycles. The van der Waals surface area contributed by atoms with E-state index in [1.807, 2.05) is 53.4 Å². The van der Waals surface area contributed by atoms with Crippen LogP contribution in [0.25, 0.3) is 6.08 Å². The number of nitrogens with one attached hydrogen (secondary N) is 1. The fourth-order valence-corrected chi connectivity index (χ4v) is 3.98. The molecular weight excluding hydrogens is 380 g/mol. The second-order valence-electron chi connectivity index (χ2n) is 7.73. The van der Waals surface area contributed by atoms with Crippen molar-refractivity contribution >= 4 is 23.6 Å². The first-order chi connectivity index (χ1) is 14.6. The lowest BCUT2D eigenvalue weighted by Crippen LogP contribution is -2.37. The number of hydrogen-bond donors (Lipinski definition) is 1. The molecule has 2 aliphatic rings. The average molecular weight is 406 g/mol. The highest BCUT2D eigenvalue weighted by atomic mass is 16.7. The second kappa shape index (κ2) is 9.03. The van der Waals surface area contributed by atoms with Crippen LogP contribution in [0, 0.1) is 0 Å². The molecule has 4 rings (SSSR count). The van der Waals surface area contributed by atoms with Crippen LogP contribution in [0.2, 0.25) is 0 Å². The van der Waals surface area contributed by atoms with Gasteiger partial charge in [-0.1, -0.05) is 31.0 Å². The van der Waals surface area contributed by atoms with Crippen molar-refractivity contribution in [3.05, 3.63) is 59.7 Å². The Labute approximate surface area is 176 Å². The Balaban J connectivity index is 1.47. The number of fused-ring (bicyclic) bond motifs is 1. The van der Waals surface area contributed by atoms with Gasteiger partial charge in [-0.3, -0.25) is 9.59 Å². The van der Waals surface area contributed by atoms with Crippen molar-refractivity contribution < 1.29 is 19.1 Å². The Morgan fingerprint density at radius 3 is 2.53 bits per heavy atom. The molecule has 0 atom stereocenters. The number of anilines is 1. The molecule has 0 spiro atoms. The molecule has 0 aromatic heterocycles. The van der Waals surface area contributed by atoms with Gasteiger partial charge in [-0.25, -0.2) is 0 Å². The molecule has 1 aliphatic heterocycles. The van der Waals surface area contributed by atoms with E-state index in [1.165, 1.54) is 6.92 Å². The van der Waals surface area contributed by atoms with Gasteiger partial charge in [-0.2, -0.15) is 0 Å². The van der Waals surface area contributed by atoms with Crippen LogP contribution in [0.3, 0.4) is 0 Å². The first-order valence-electron chi connectivity index (χ1n) is 10.3. The van der Waals surface area contributed by atoms with Crippen molar-refractivity contribution in [3.63, 3.8) is 0 Å². The van der Waals surface area contributed by atoms with Gasteiger partial charge < -0.3 is 19.7 Å². The number of amides is 2. The zero-order valence-electron chi connectivity index (χ0n) is 17.1. The highest BCUT2D eigenvalue weighted by molar-refractivity contribution is 5.92. The van der Waals surface area contributed by atoms with Crippen LogP contribution in [0.1, 0.15) is 43.7 Å². The monoisotopic (exact) mass is 406 g/mol. The summed E-state index contributed by atoms with van der Waals surface area (Å²) in [7, 11) is 0. The standard InChI is InChI=1S/C24H26N2O4/c1-17(27)25-20-10-6-18(7-11-20)9-13-24(28)26(21-4-2-3-5-21)15-19-8-12-22-23(14-19)30-16-29-22/h6-14,21H,2-5,15-16H2,1H3,(H,25,27). The SMILES string of the molecule is CC(=O)Nc1ccc(C=CC(=O)N(Cc2ccc3c(c2)OCO3)C2CCCC2)cc1. The highest BCUT2D eigenvalue weighted by Crippen LogP contribution is 2.33. The molecule has 156 valence electrons. The van der Waals surface area contributed by atoms with E-state index in [-0.39, 0.29) is 24.6 Å². The summed E-state index contributed by atoms with van der Waals surface area (Å²) in [4.78, 5) is 26.2. The minimum absolute atomic E-state index is 0.00510. The van der Waals surface area contributed by atoms with Crippen LogP contribution in [-0.2, 0) is 16.1 Å². The molecule has 0 unspecified atom stereocenters. The Kier molecular flexibility index (Phi) is 6.02. The molecular formula is C24H26N2O4. The molecule has 6 nitrogen and oxygen atoms in total. The Morgan fingerprint density at radius 1 is 1.07 bits per heavy atom. The van der Waals surface area contributed by atoms with Crippen molar-refractivity contribution in [1.82, 2.24) is 4.90 Å². The molecule has 1 aliphatic carbocycles. The van der Waals surface area contributed by atoms with Crippen molar-refractivity contribution in [2.24, 2.45) is 0 Å². The fourth-order valence-electron chi connectivity index (χ4n) is 3.98. The quantitative estimate of drug-likeness (QED) is 0.724. The van der Waals surface area contributed by atoms with Gasteiger partial charge >= 0.3 is 0 Å². The second-order valence-corrected chi connectivity index (χ2v) is 7.73. The first kappa shape index (κ1) is 20.0. The Bertz CT molecular complexity index is 946. The maximum atomic E-state index is 13.1. The normalized spacial score (nSPS) is 15.5. The summed E-state index contributed by atoms with van der Waals surface area (Å²) >= 11 is 0. The molecule has 1 saturated carbocycles. The minimum Gasteiger partial charge on any atom is -0.454 e. The number of benzene rings is 2. The minimum atomic E-state index is -0.107. The van der Waals surface area contributed by atoms with Crippen molar-refractivity contribution in [1.29, 1.82) is 0 Å². The van der Waals surface area contributed by atoms with Crippen molar-refractivity contribution in [2.75, 3.05) is 12.1 Å². The van der Waals surface area contributed by atoms with Crippen molar-refractivity contribution in [2.45, 2.75) is 45.2 Å². The van der Waals surface area contributed by atoms with Crippen LogP contribution in [-0.4, -0.2) is 29.5 Å². The largest absolute Gasteiger partial charge is 0.454 e. The lowest BCUT2D eigenvalue weighted by Gasteiger charge is -2.28. The van der Waals surface area contributed by atoms with E-state index in [9.17, 15) is 9.59 Å². The van der Waals surface area contributed by atoms with E-state index in [0.717, 1.165) is 54.0 Å². The van der Waals surface area contributed by atoms with Gasteiger partial charge in [-0.05, 0) is 54.3 Å². The average Bonchev–Trinajstić information content (AvgIpc) is 3.42. The smallest absolute Gasteiger partial charge is 0.247 e. The molecule has 0 saturated heterocycles. The maximum Gasteiger partial charge on any atom is 0.247 e. The molecule has 1 fully saturated rings. The van der Waals surface area contributed by atoms with Crippen molar-refractivity contribution in [3.8, 4) is 11.5 Å². The highest BCUT2D eigenvalue weighted by Gasteiger charge is 2.26. The molecule has 30 heavy (non-hydrogen) atoms. The summed E-state index contributed by atoms with van der Waals surface area (Å²) in [5, 5.41) is 2.74. The van der Waals surface area contributed by atoms with Gasteiger partial charge in [0.2, 0.25) is 18.6 Å². The zero-order valence-corrected chi connectivity index (χ0v) is 17.1. The van der Waals surface area contributed by atoms with E-state index in [4.69, 9.17) is 9.47 Å². The molecule has 1 N–H and O–H groups in total.